The number of amides is 2. The molecule has 120 valence electrons. The van der Waals surface area contributed by atoms with Crippen molar-refractivity contribution in [1.82, 2.24) is 5.32 Å². The normalized spacial score (nSPS) is 17.0. The van der Waals surface area contributed by atoms with Gasteiger partial charge >= 0.3 is 0 Å². The molecule has 0 spiro atoms. The summed E-state index contributed by atoms with van der Waals surface area (Å²) in [6.07, 6.45) is 0.0236. The van der Waals surface area contributed by atoms with Gasteiger partial charge in [-0.25, -0.2) is 0 Å². The van der Waals surface area contributed by atoms with Crippen molar-refractivity contribution in [3.05, 3.63) is 23.8 Å². The van der Waals surface area contributed by atoms with E-state index in [-0.39, 0.29) is 18.4 Å². The second kappa shape index (κ2) is 7.26. The Balaban J connectivity index is 2.18. The maximum atomic E-state index is 12.5. The van der Waals surface area contributed by atoms with E-state index in [1.807, 2.05) is 32.0 Å². The number of aryl methyl sites for hydroxylation is 1. The minimum Gasteiger partial charge on any atom is -0.478 e. The van der Waals surface area contributed by atoms with Gasteiger partial charge in [0.15, 0.2) is 6.10 Å². The maximum absolute atomic E-state index is 12.5. The van der Waals surface area contributed by atoms with E-state index in [0.717, 1.165) is 5.56 Å². The number of nitrogens with one attached hydrogen (secondary N) is 1. The third-order valence-electron chi connectivity index (χ3n) is 3.52. The Hall–Kier alpha value is -2.08. The lowest BCUT2D eigenvalue weighted by Crippen LogP contribution is -2.49. The van der Waals surface area contributed by atoms with Crippen LogP contribution < -0.4 is 15.0 Å². The third-order valence-corrected chi connectivity index (χ3v) is 3.52. The van der Waals surface area contributed by atoms with Crippen LogP contribution in [0.25, 0.3) is 0 Å². The molecule has 0 aromatic heterocycles. The highest BCUT2D eigenvalue weighted by Gasteiger charge is 2.34. The van der Waals surface area contributed by atoms with E-state index in [4.69, 9.17) is 9.47 Å². The number of carbonyl (C=O) groups is 2. The topological polar surface area (TPSA) is 67.9 Å². The first-order valence-electron chi connectivity index (χ1n) is 7.41. The smallest absolute Gasteiger partial charge is 0.268 e. The predicted octanol–water partition coefficient (Wildman–Crippen LogP) is 1.26. The van der Waals surface area contributed by atoms with Gasteiger partial charge in [-0.2, -0.15) is 0 Å². The number of anilines is 1. The summed E-state index contributed by atoms with van der Waals surface area (Å²) in [5.41, 5.74) is 1.66. The Kier molecular flexibility index (Phi) is 5.38. The van der Waals surface area contributed by atoms with E-state index in [9.17, 15) is 9.59 Å². The van der Waals surface area contributed by atoms with Crippen molar-refractivity contribution in [3.63, 3.8) is 0 Å². The fraction of sp³-hybridized carbons (Fsp3) is 0.500. The molecule has 1 aliphatic rings. The zero-order valence-electron chi connectivity index (χ0n) is 13.2. The van der Waals surface area contributed by atoms with Crippen LogP contribution in [0.5, 0.6) is 5.75 Å². The fourth-order valence-corrected chi connectivity index (χ4v) is 2.35. The number of carbonyl (C=O) groups excluding carboxylic acids is 2. The van der Waals surface area contributed by atoms with Crippen LogP contribution in [0.2, 0.25) is 0 Å². The van der Waals surface area contributed by atoms with E-state index >= 15 is 0 Å². The van der Waals surface area contributed by atoms with Crippen molar-refractivity contribution >= 4 is 17.5 Å². The van der Waals surface area contributed by atoms with Gasteiger partial charge < -0.3 is 14.8 Å². The Morgan fingerprint density at radius 1 is 1.45 bits per heavy atom. The Labute approximate surface area is 130 Å². The van der Waals surface area contributed by atoms with E-state index in [1.165, 1.54) is 4.90 Å². The van der Waals surface area contributed by atoms with Gasteiger partial charge in [-0.05, 0) is 31.0 Å². The first-order chi connectivity index (χ1) is 10.6. The minimum atomic E-state index is -0.540. The first kappa shape index (κ1) is 16.3. The van der Waals surface area contributed by atoms with Gasteiger partial charge in [-0.1, -0.05) is 13.0 Å². The molecule has 1 atom stereocenters. The summed E-state index contributed by atoms with van der Waals surface area (Å²) in [5, 5.41) is 2.73. The van der Waals surface area contributed by atoms with Crippen molar-refractivity contribution in [1.29, 1.82) is 0 Å². The van der Waals surface area contributed by atoms with E-state index in [2.05, 4.69) is 5.32 Å². The second-order valence-electron chi connectivity index (χ2n) is 5.25. The summed E-state index contributed by atoms with van der Waals surface area (Å²) >= 11 is 0. The number of benzene rings is 1. The highest BCUT2D eigenvalue weighted by Crippen LogP contribution is 2.35. The molecule has 2 rings (SSSR count). The molecule has 1 aromatic rings. The molecule has 0 radical (unpaired) electrons. The molecule has 2 amide bonds. The monoisotopic (exact) mass is 306 g/mol. The van der Waals surface area contributed by atoms with Crippen LogP contribution in [0.15, 0.2) is 18.2 Å². The number of ether oxygens (including phenoxy) is 2. The highest BCUT2D eigenvalue weighted by molar-refractivity contribution is 6.03. The number of hydrogen-bond acceptors (Lipinski definition) is 4. The first-order valence-corrected chi connectivity index (χ1v) is 7.41. The average molecular weight is 306 g/mol. The molecule has 0 saturated carbocycles. The molecule has 6 nitrogen and oxygen atoms in total. The number of nitrogens with zero attached hydrogens (tertiary/aromatic N) is 1. The number of methoxy groups -OCH3 is 1. The second-order valence-corrected chi connectivity index (χ2v) is 5.25. The number of hydrogen-bond donors (Lipinski definition) is 1. The highest BCUT2D eigenvalue weighted by atomic mass is 16.5. The van der Waals surface area contributed by atoms with Crippen molar-refractivity contribution < 1.29 is 19.1 Å². The van der Waals surface area contributed by atoms with Gasteiger partial charge in [0.05, 0.1) is 12.3 Å². The molecule has 1 aliphatic heterocycles. The number of rotatable bonds is 6. The molecule has 1 aromatic carbocycles. The van der Waals surface area contributed by atoms with Crippen LogP contribution in [-0.2, 0) is 14.3 Å². The van der Waals surface area contributed by atoms with E-state index in [0.29, 0.717) is 31.0 Å². The summed E-state index contributed by atoms with van der Waals surface area (Å²) in [6.45, 7) is 4.67. The van der Waals surface area contributed by atoms with Gasteiger partial charge in [0.1, 0.15) is 12.3 Å². The average Bonchev–Trinajstić information content (AvgIpc) is 2.50. The lowest BCUT2D eigenvalue weighted by molar-refractivity contribution is -0.129. The van der Waals surface area contributed by atoms with Crippen LogP contribution >= 0.6 is 0 Å². The van der Waals surface area contributed by atoms with Gasteiger partial charge in [-0.15, -0.1) is 0 Å². The van der Waals surface area contributed by atoms with Crippen LogP contribution in [0.4, 0.5) is 5.69 Å². The molecule has 1 N–H and O–H groups in total. The summed E-state index contributed by atoms with van der Waals surface area (Å²) in [4.78, 5) is 26.0. The Morgan fingerprint density at radius 2 is 2.23 bits per heavy atom. The van der Waals surface area contributed by atoms with Crippen LogP contribution in [0.1, 0.15) is 18.9 Å². The molecular weight excluding hydrogens is 284 g/mol. The molecule has 0 bridgehead atoms. The van der Waals surface area contributed by atoms with Gasteiger partial charge in [0, 0.05) is 13.7 Å². The zero-order chi connectivity index (χ0) is 16.1. The summed E-state index contributed by atoms with van der Waals surface area (Å²) in [6, 6.07) is 5.63. The summed E-state index contributed by atoms with van der Waals surface area (Å²) < 4.78 is 10.6. The van der Waals surface area contributed by atoms with Crippen molar-refractivity contribution in [3.8, 4) is 5.75 Å². The summed E-state index contributed by atoms with van der Waals surface area (Å²) in [5.74, 6) is 0.249. The van der Waals surface area contributed by atoms with Crippen LogP contribution in [0.3, 0.4) is 0 Å². The van der Waals surface area contributed by atoms with Crippen molar-refractivity contribution in [2.75, 3.05) is 31.7 Å². The number of fused-ring (bicyclic) bond motifs is 1. The molecule has 6 heteroatoms. The van der Waals surface area contributed by atoms with E-state index in [1.54, 1.807) is 7.11 Å². The fourth-order valence-electron chi connectivity index (χ4n) is 2.35. The zero-order valence-corrected chi connectivity index (χ0v) is 13.2. The lowest BCUT2D eigenvalue weighted by atomic mass is 10.1. The Bertz CT molecular complexity index is 559. The minimum absolute atomic E-state index is 0.0150. The molecule has 0 saturated heterocycles. The predicted molar refractivity (Wildman–Crippen MR) is 83.1 cm³/mol. The van der Waals surface area contributed by atoms with Gasteiger partial charge in [-0.3, -0.25) is 14.5 Å². The van der Waals surface area contributed by atoms with Crippen LogP contribution in [0, 0.1) is 6.92 Å². The molecule has 1 heterocycles. The standard InChI is InChI=1S/C16H22N2O4/c1-4-13-16(20)18(10-15(19)17-7-8-21-3)12-9-11(2)5-6-14(12)22-13/h5-6,9,13H,4,7-8,10H2,1-3H3,(H,17,19)/t13-/m0/s1. The Morgan fingerprint density at radius 3 is 2.91 bits per heavy atom. The maximum Gasteiger partial charge on any atom is 0.268 e. The lowest BCUT2D eigenvalue weighted by Gasteiger charge is -2.33. The third kappa shape index (κ3) is 3.57. The quantitative estimate of drug-likeness (QED) is 0.804. The molecule has 0 unspecified atom stereocenters. The summed E-state index contributed by atoms with van der Waals surface area (Å²) in [7, 11) is 1.57. The van der Waals surface area contributed by atoms with Crippen molar-refractivity contribution in [2.45, 2.75) is 26.4 Å². The van der Waals surface area contributed by atoms with Crippen LogP contribution in [-0.4, -0.2) is 44.7 Å². The van der Waals surface area contributed by atoms with Gasteiger partial charge in [0.2, 0.25) is 5.91 Å². The molecule has 0 aliphatic carbocycles. The van der Waals surface area contributed by atoms with E-state index < -0.39 is 6.10 Å². The van der Waals surface area contributed by atoms with Gasteiger partial charge in [0.25, 0.3) is 5.91 Å². The molecule has 22 heavy (non-hydrogen) atoms. The molecule has 0 fully saturated rings. The largest absolute Gasteiger partial charge is 0.478 e. The molecular formula is C16H22N2O4. The SMILES string of the molecule is CC[C@@H]1Oc2ccc(C)cc2N(CC(=O)NCCOC)C1=O. The van der Waals surface area contributed by atoms with Crippen molar-refractivity contribution in [2.24, 2.45) is 0 Å².